The van der Waals surface area contributed by atoms with E-state index in [9.17, 15) is 19.5 Å². The highest BCUT2D eigenvalue weighted by Gasteiger charge is 2.46. The minimum absolute atomic E-state index is 0.102. The number of cyclic esters (lactones) is 1. The second-order valence-corrected chi connectivity index (χ2v) is 3.72. The van der Waals surface area contributed by atoms with E-state index in [-0.39, 0.29) is 19.6 Å². The zero-order chi connectivity index (χ0) is 13.7. The first-order valence-electron chi connectivity index (χ1n) is 5.73. The summed E-state index contributed by atoms with van der Waals surface area (Å²) in [6.07, 6.45) is -2.98. The molecule has 7 heteroatoms. The quantitative estimate of drug-likeness (QED) is 0.532. The lowest BCUT2D eigenvalue weighted by atomic mass is 9.92. The van der Waals surface area contributed by atoms with Crippen LogP contribution in [-0.4, -0.2) is 48.4 Å². The third-order valence-electron chi connectivity index (χ3n) is 2.47. The third-order valence-corrected chi connectivity index (χ3v) is 2.47. The van der Waals surface area contributed by atoms with Crippen molar-refractivity contribution in [1.29, 1.82) is 0 Å². The minimum atomic E-state index is -1.43. The molecule has 0 saturated carbocycles. The van der Waals surface area contributed by atoms with Gasteiger partial charge in [0.25, 0.3) is 0 Å². The van der Waals surface area contributed by atoms with Crippen LogP contribution >= 0.6 is 0 Å². The molecule has 0 aromatic rings. The number of carbonyl (C=O) groups is 3. The highest BCUT2D eigenvalue weighted by Crippen LogP contribution is 2.24. The molecule has 0 aromatic carbocycles. The fourth-order valence-electron chi connectivity index (χ4n) is 1.65. The molecule has 3 atom stereocenters. The van der Waals surface area contributed by atoms with Gasteiger partial charge in [-0.15, -0.1) is 0 Å². The van der Waals surface area contributed by atoms with Gasteiger partial charge in [-0.25, -0.2) is 9.59 Å². The van der Waals surface area contributed by atoms with Gasteiger partial charge in [-0.1, -0.05) is 0 Å². The molecule has 0 aliphatic carbocycles. The van der Waals surface area contributed by atoms with Crippen molar-refractivity contribution in [1.82, 2.24) is 0 Å². The van der Waals surface area contributed by atoms with E-state index in [0.29, 0.717) is 0 Å². The average molecular weight is 260 g/mol. The van der Waals surface area contributed by atoms with E-state index in [2.05, 4.69) is 0 Å². The summed E-state index contributed by atoms with van der Waals surface area (Å²) < 4.78 is 14.2. The van der Waals surface area contributed by atoms with Gasteiger partial charge in [0.15, 0.2) is 6.10 Å². The van der Waals surface area contributed by atoms with Gasteiger partial charge in [-0.2, -0.15) is 0 Å². The van der Waals surface area contributed by atoms with Gasteiger partial charge in [-0.3, -0.25) is 4.79 Å². The number of hydrogen-bond donors (Lipinski definition) is 1. The van der Waals surface area contributed by atoms with Gasteiger partial charge in [0.1, 0.15) is 5.92 Å². The molecule has 7 nitrogen and oxygen atoms in total. The molecule has 1 fully saturated rings. The minimum Gasteiger partial charge on any atom is -0.466 e. The van der Waals surface area contributed by atoms with E-state index in [1.807, 2.05) is 0 Å². The first-order valence-corrected chi connectivity index (χ1v) is 5.73. The fourth-order valence-corrected chi connectivity index (χ4v) is 1.65. The summed E-state index contributed by atoms with van der Waals surface area (Å²) in [5, 5.41) is 9.36. The van der Waals surface area contributed by atoms with Crippen molar-refractivity contribution in [2.45, 2.75) is 32.5 Å². The molecular weight excluding hydrogens is 244 g/mol. The first-order chi connectivity index (χ1) is 8.51. The average Bonchev–Trinajstić information content (AvgIpc) is 2.32. The molecule has 1 saturated heterocycles. The van der Waals surface area contributed by atoms with Gasteiger partial charge in [0.2, 0.25) is 6.10 Å². The zero-order valence-electron chi connectivity index (χ0n) is 10.3. The van der Waals surface area contributed by atoms with Crippen LogP contribution in [-0.2, 0) is 28.6 Å². The number of esters is 3. The Labute approximate surface area is 104 Å². The van der Waals surface area contributed by atoms with Crippen LogP contribution in [0, 0.1) is 5.92 Å². The topological polar surface area (TPSA) is 99.1 Å². The number of ether oxygens (including phenoxy) is 3. The standard InChI is InChI=1S/C11H16O7/c1-3-16-9(13)6-5-7(12)10(14)18-8(6)11(15)17-4-2/h6-8,12H,3-5H2,1-2H3. The number of carbonyl (C=O) groups excluding carboxylic acids is 3. The van der Waals surface area contributed by atoms with Gasteiger partial charge < -0.3 is 19.3 Å². The van der Waals surface area contributed by atoms with Crippen LogP contribution < -0.4 is 0 Å². The number of aliphatic hydroxyl groups is 1. The molecule has 0 bridgehead atoms. The van der Waals surface area contributed by atoms with Crippen molar-refractivity contribution in [3.63, 3.8) is 0 Å². The maximum Gasteiger partial charge on any atom is 0.348 e. The van der Waals surface area contributed by atoms with E-state index in [1.165, 1.54) is 0 Å². The lowest BCUT2D eigenvalue weighted by Gasteiger charge is -2.30. The molecular formula is C11H16O7. The highest BCUT2D eigenvalue weighted by molar-refractivity contribution is 5.89. The Balaban J connectivity index is 2.83. The fraction of sp³-hybridized carbons (Fsp3) is 0.727. The molecule has 0 aromatic heterocycles. The molecule has 3 unspecified atom stereocenters. The predicted octanol–water partition coefficient (Wildman–Crippen LogP) is -0.595. The molecule has 18 heavy (non-hydrogen) atoms. The summed E-state index contributed by atoms with van der Waals surface area (Å²) in [5.41, 5.74) is 0. The summed E-state index contributed by atoms with van der Waals surface area (Å²) in [7, 11) is 0. The molecule has 0 radical (unpaired) electrons. The third kappa shape index (κ3) is 3.19. The maximum absolute atomic E-state index is 11.6. The van der Waals surface area contributed by atoms with E-state index in [4.69, 9.17) is 14.2 Å². The van der Waals surface area contributed by atoms with E-state index < -0.39 is 36.0 Å². The Morgan fingerprint density at radius 2 is 1.83 bits per heavy atom. The summed E-state index contributed by atoms with van der Waals surface area (Å²) in [5.74, 6) is -3.47. The highest BCUT2D eigenvalue weighted by atomic mass is 16.6. The zero-order valence-corrected chi connectivity index (χ0v) is 10.3. The monoisotopic (exact) mass is 260 g/mol. The number of hydrogen-bond acceptors (Lipinski definition) is 7. The summed E-state index contributed by atoms with van der Waals surface area (Å²) in [6, 6.07) is 0. The Hall–Kier alpha value is -1.63. The van der Waals surface area contributed by atoms with Crippen molar-refractivity contribution in [2.24, 2.45) is 5.92 Å². The van der Waals surface area contributed by atoms with Gasteiger partial charge in [0, 0.05) is 6.42 Å². The molecule has 1 N–H and O–H groups in total. The van der Waals surface area contributed by atoms with Gasteiger partial charge >= 0.3 is 17.9 Å². The Morgan fingerprint density at radius 1 is 1.28 bits per heavy atom. The first kappa shape index (κ1) is 14.4. The summed E-state index contributed by atoms with van der Waals surface area (Å²) in [6.45, 7) is 3.44. The molecule has 1 aliphatic rings. The largest absolute Gasteiger partial charge is 0.466 e. The Kier molecular flexibility index (Phi) is 5.08. The van der Waals surface area contributed by atoms with E-state index in [1.54, 1.807) is 13.8 Å². The van der Waals surface area contributed by atoms with Crippen LogP contribution in [0.2, 0.25) is 0 Å². The van der Waals surface area contributed by atoms with Crippen molar-refractivity contribution in [2.75, 3.05) is 13.2 Å². The SMILES string of the molecule is CCOC(=O)C1CC(O)C(=O)OC1C(=O)OCC. The molecule has 1 rings (SSSR count). The van der Waals surface area contributed by atoms with E-state index in [0.717, 1.165) is 0 Å². The number of aliphatic hydroxyl groups excluding tert-OH is 1. The van der Waals surface area contributed by atoms with Crippen LogP contribution in [0.3, 0.4) is 0 Å². The lowest BCUT2D eigenvalue weighted by molar-refractivity contribution is -0.192. The van der Waals surface area contributed by atoms with Crippen LogP contribution in [0.15, 0.2) is 0 Å². The van der Waals surface area contributed by atoms with Crippen LogP contribution in [0.5, 0.6) is 0 Å². The lowest BCUT2D eigenvalue weighted by Crippen LogP contribution is -2.49. The maximum atomic E-state index is 11.6. The molecule has 0 amide bonds. The van der Waals surface area contributed by atoms with Crippen LogP contribution in [0.1, 0.15) is 20.3 Å². The molecule has 0 spiro atoms. The molecule has 102 valence electrons. The number of rotatable bonds is 4. The van der Waals surface area contributed by atoms with Crippen molar-refractivity contribution in [3.8, 4) is 0 Å². The van der Waals surface area contributed by atoms with E-state index >= 15 is 0 Å². The van der Waals surface area contributed by atoms with Crippen molar-refractivity contribution in [3.05, 3.63) is 0 Å². The van der Waals surface area contributed by atoms with Crippen molar-refractivity contribution >= 4 is 17.9 Å². The normalized spacial score (nSPS) is 27.3. The van der Waals surface area contributed by atoms with Gasteiger partial charge in [-0.05, 0) is 13.8 Å². The Morgan fingerprint density at radius 3 is 2.39 bits per heavy atom. The predicted molar refractivity (Wildman–Crippen MR) is 57.3 cm³/mol. The second-order valence-electron chi connectivity index (χ2n) is 3.72. The van der Waals surface area contributed by atoms with Gasteiger partial charge in [0.05, 0.1) is 13.2 Å². The van der Waals surface area contributed by atoms with Crippen molar-refractivity contribution < 1.29 is 33.7 Å². The summed E-state index contributed by atoms with van der Waals surface area (Å²) >= 11 is 0. The molecule has 1 aliphatic heterocycles. The smallest absolute Gasteiger partial charge is 0.348 e. The molecule has 1 heterocycles. The van der Waals surface area contributed by atoms with Crippen LogP contribution in [0.25, 0.3) is 0 Å². The summed E-state index contributed by atoms with van der Waals surface area (Å²) in [4.78, 5) is 34.4. The van der Waals surface area contributed by atoms with Crippen LogP contribution in [0.4, 0.5) is 0 Å². The Bertz CT molecular complexity index is 338. The second kappa shape index (κ2) is 6.34.